The fraction of sp³-hybridized carbons (Fsp3) is 0.250. The van der Waals surface area contributed by atoms with Gasteiger partial charge in [-0.05, 0) is 62.2 Å². The molecule has 0 saturated carbocycles. The number of Topliss-reactive ketones (excluding diaryl/α,β-unsaturated/α-hetero) is 1. The lowest BCUT2D eigenvalue weighted by Gasteiger charge is -2.17. The highest BCUT2D eigenvalue weighted by Gasteiger charge is 2.23. The smallest absolute Gasteiger partial charge is 0.242 e. The van der Waals surface area contributed by atoms with E-state index >= 15 is 0 Å². The number of hydrogen-bond donors (Lipinski definition) is 0. The number of hydrogen-bond acceptors (Lipinski definition) is 7. The van der Waals surface area contributed by atoms with Crippen molar-refractivity contribution in [1.82, 2.24) is 19.1 Å². The molecule has 0 unspecified atom stereocenters. The monoisotopic (exact) mass is 550 g/mol. The van der Waals surface area contributed by atoms with E-state index in [9.17, 15) is 13.2 Å². The van der Waals surface area contributed by atoms with E-state index in [0.29, 0.717) is 33.6 Å². The van der Waals surface area contributed by atoms with Gasteiger partial charge in [0.25, 0.3) is 0 Å². The first kappa shape index (κ1) is 27.6. The maximum absolute atomic E-state index is 12.8. The number of aromatic nitrogens is 3. The molecular formula is C28H30N4O4S2. The Morgan fingerprint density at radius 2 is 1.68 bits per heavy atom. The van der Waals surface area contributed by atoms with Crippen molar-refractivity contribution in [2.24, 2.45) is 0 Å². The molecule has 0 spiro atoms. The van der Waals surface area contributed by atoms with Crippen molar-refractivity contribution in [3.05, 3.63) is 82.9 Å². The number of carbonyl (C=O) groups excluding carboxylic acids is 1. The first-order valence-corrected chi connectivity index (χ1v) is 14.3. The van der Waals surface area contributed by atoms with Gasteiger partial charge < -0.3 is 4.74 Å². The van der Waals surface area contributed by atoms with Crippen LogP contribution in [-0.2, 0) is 15.8 Å². The second kappa shape index (κ2) is 11.1. The molecule has 3 aromatic carbocycles. The van der Waals surface area contributed by atoms with Crippen LogP contribution in [0.4, 0.5) is 0 Å². The van der Waals surface area contributed by atoms with E-state index in [1.807, 2.05) is 48.7 Å². The number of aryl methyl sites for hydroxylation is 2. The van der Waals surface area contributed by atoms with Gasteiger partial charge in [0, 0.05) is 36.5 Å². The molecule has 0 saturated heterocycles. The zero-order valence-corrected chi connectivity index (χ0v) is 23.9. The Hall–Kier alpha value is -3.47. The summed E-state index contributed by atoms with van der Waals surface area (Å²) in [5, 5.41) is 9.66. The SMILES string of the molecule is COc1ccc(C(C)=O)cc1CSc1nnc(-c2cccc(S(=O)(=O)N(C)C)c2)n1-c1c(C)cccc1C. The topological polar surface area (TPSA) is 94.4 Å². The number of methoxy groups -OCH3 is 1. The molecule has 198 valence electrons. The Labute approximate surface area is 227 Å². The van der Waals surface area contributed by atoms with E-state index in [-0.39, 0.29) is 10.7 Å². The van der Waals surface area contributed by atoms with Gasteiger partial charge in [0.05, 0.1) is 17.7 Å². The average Bonchev–Trinajstić information content (AvgIpc) is 3.30. The van der Waals surface area contributed by atoms with Crippen molar-refractivity contribution in [1.29, 1.82) is 0 Å². The van der Waals surface area contributed by atoms with Gasteiger partial charge in [-0.15, -0.1) is 10.2 Å². The number of sulfonamides is 1. The Morgan fingerprint density at radius 3 is 2.32 bits per heavy atom. The van der Waals surface area contributed by atoms with Gasteiger partial charge >= 0.3 is 0 Å². The molecule has 0 N–H and O–H groups in total. The maximum Gasteiger partial charge on any atom is 0.242 e. The molecule has 0 amide bonds. The predicted molar refractivity (Wildman–Crippen MR) is 150 cm³/mol. The summed E-state index contributed by atoms with van der Waals surface area (Å²) in [7, 11) is 0.980. The number of ether oxygens (including phenoxy) is 1. The molecule has 38 heavy (non-hydrogen) atoms. The van der Waals surface area contributed by atoms with Crippen LogP contribution < -0.4 is 4.74 Å². The highest BCUT2D eigenvalue weighted by Crippen LogP contribution is 2.35. The number of nitrogens with zero attached hydrogens (tertiary/aromatic N) is 4. The highest BCUT2D eigenvalue weighted by atomic mass is 32.2. The number of benzene rings is 3. The Morgan fingerprint density at radius 1 is 1.00 bits per heavy atom. The van der Waals surface area contributed by atoms with E-state index in [2.05, 4.69) is 10.2 Å². The summed E-state index contributed by atoms with van der Waals surface area (Å²) < 4.78 is 34.3. The van der Waals surface area contributed by atoms with Gasteiger partial charge in [-0.25, -0.2) is 12.7 Å². The summed E-state index contributed by atoms with van der Waals surface area (Å²) >= 11 is 1.46. The van der Waals surface area contributed by atoms with Crippen molar-refractivity contribution in [2.45, 2.75) is 36.6 Å². The van der Waals surface area contributed by atoms with Gasteiger partial charge in [-0.1, -0.05) is 42.1 Å². The van der Waals surface area contributed by atoms with Gasteiger partial charge in [-0.3, -0.25) is 9.36 Å². The van der Waals surface area contributed by atoms with Crippen LogP contribution in [0.2, 0.25) is 0 Å². The molecule has 8 nitrogen and oxygen atoms in total. The molecule has 4 rings (SSSR count). The molecule has 0 radical (unpaired) electrons. The van der Waals surface area contributed by atoms with E-state index in [1.54, 1.807) is 37.4 Å². The van der Waals surface area contributed by atoms with E-state index in [1.165, 1.54) is 37.1 Å². The molecular weight excluding hydrogens is 520 g/mol. The number of thioether (sulfide) groups is 1. The molecule has 0 aliphatic carbocycles. The Balaban J connectivity index is 1.84. The van der Waals surface area contributed by atoms with E-state index in [4.69, 9.17) is 4.74 Å². The van der Waals surface area contributed by atoms with Crippen LogP contribution in [0.3, 0.4) is 0 Å². The van der Waals surface area contributed by atoms with Crippen LogP contribution in [0, 0.1) is 13.8 Å². The van der Waals surface area contributed by atoms with E-state index < -0.39 is 10.0 Å². The molecule has 0 fully saturated rings. The molecule has 0 atom stereocenters. The van der Waals surface area contributed by atoms with Crippen LogP contribution in [-0.4, -0.2) is 54.5 Å². The molecule has 1 aromatic heterocycles. The van der Waals surface area contributed by atoms with Crippen LogP contribution in [0.5, 0.6) is 5.75 Å². The lowest BCUT2D eigenvalue weighted by molar-refractivity contribution is 0.101. The van der Waals surface area contributed by atoms with Gasteiger partial charge in [0.2, 0.25) is 10.0 Å². The highest BCUT2D eigenvalue weighted by molar-refractivity contribution is 7.98. The molecule has 0 aliphatic heterocycles. The van der Waals surface area contributed by atoms with Gasteiger partial charge in [0.1, 0.15) is 5.75 Å². The van der Waals surface area contributed by atoms with Gasteiger partial charge in [-0.2, -0.15) is 0 Å². The third kappa shape index (κ3) is 5.38. The third-order valence-electron chi connectivity index (χ3n) is 6.21. The van der Waals surface area contributed by atoms with Crippen LogP contribution >= 0.6 is 11.8 Å². The summed E-state index contributed by atoms with van der Waals surface area (Å²) in [4.78, 5) is 12.1. The molecule has 1 heterocycles. The van der Waals surface area contributed by atoms with Crippen molar-refractivity contribution in [3.63, 3.8) is 0 Å². The maximum atomic E-state index is 12.8. The predicted octanol–water partition coefficient (Wildman–Crippen LogP) is 5.30. The lowest BCUT2D eigenvalue weighted by Crippen LogP contribution is -2.22. The molecule has 0 bridgehead atoms. The molecule has 4 aromatic rings. The van der Waals surface area contributed by atoms with Crippen LogP contribution in [0.25, 0.3) is 17.1 Å². The fourth-order valence-electron chi connectivity index (χ4n) is 4.17. The van der Waals surface area contributed by atoms with Crippen molar-refractivity contribution >= 4 is 27.6 Å². The Kier molecular flexibility index (Phi) is 8.05. The summed E-state index contributed by atoms with van der Waals surface area (Å²) in [5.41, 5.74) is 5.09. The third-order valence-corrected chi connectivity index (χ3v) is 9.00. The summed E-state index contributed by atoms with van der Waals surface area (Å²) in [5.74, 6) is 1.68. The minimum atomic E-state index is -3.63. The summed E-state index contributed by atoms with van der Waals surface area (Å²) in [6.07, 6.45) is 0. The second-order valence-corrected chi connectivity index (χ2v) is 12.2. The molecule has 0 aliphatic rings. The largest absolute Gasteiger partial charge is 0.496 e. The number of ketones is 1. The van der Waals surface area contributed by atoms with Crippen LogP contribution in [0.15, 0.2) is 70.7 Å². The minimum absolute atomic E-state index is 0.0209. The standard InChI is InChI=1S/C28H30N4O4S2/c1-18-9-7-10-19(2)26(18)32-27(22-11-8-12-24(16-22)38(34,35)31(4)5)29-30-28(32)37-17-23-15-21(20(3)33)13-14-25(23)36-6/h7-16H,17H2,1-6H3. The number of para-hydroxylation sites is 1. The number of rotatable bonds is 9. The van der Waals surface area contributed by atoms with Crippen molar-refractivity contribution < 1.29 is 17.9 Å². The first-order valence-electron chi connectivity index (χ1n) is 11.9. The summed E-state index contributed by atoms with van der Waals surface area (Å²) in [6.45, 7) is 5.58. The second-order valence-electron chi connectivity index (χ2n) is 9.07. The van der Waals surface area contributed by atoms with Crippen molar-refractivity contribution in [2.75, 3.05) is 21.2 Å². The quantitative estimate of drug-likeness (QED) is 0.206. The minimum Gasteiger partial charge on any atom is -0.496 e. The van der Waals surface area contributed by atoms with Crippen molar-refractivity contribution in [3.8, 4) is 22.8 Å². The zero-order chi connectivity index (χ0) is 27.6. The normalized spacial score (nSPS) is 11.7. The van der Waals surface area contributed by atoms with E-state index in [0.717, 1.165) is 22.4 Å². The van der Waals surface area contributed by atoms with Crippen LogP contribution in [0.1, 0.15) is 34.0 Å². The summed E-state index contributed by atoms with van der Waals surface area (Å²) in [6, 6.07) is 18.2. The fourth-order valence-corrected chi connectivity index (χ4v) is 6.03. The number of carbonyl (C=O) groups is 1. The first-order chi connectivity index (χ1) is 18.0. The lowest BCUT2D eigenvalue weighted by atomic mass is 10.1. The zero-order valence-electron chi connectivity index (χ0n) is 22.2. The Bertz CT molecular complexity index is 1590. The average molecular weight is 551 g/mol. The van der Waals surface area contributed by atoms with Gasteiger partial charge in [0.15, 0.2) is 16.8 Å². The molecule has 10 heteroatoms.